The van der Waals surface area contributed by atoms with Crippen LogP contribution in [-0.2, 0) is 19.2 Å². The number of nitrogen functional groups attached to an aromatic ring is 1. The van der Waals surface area contributed by atoms with Gasteiger partial charge in [0, 0.05) is 18.2 Å². The van der Waals surface area contributed by atoms with Crippen LogP contribution in [0.25, 0.3) is 0 Å². The number of nitrogens with two attached hydrogens (primary N) is 1. The van der Waals surface area contributed by atoms with Gasteiger partial charge in [-0.15, -0.1) is 21.5 Å². The molecule has 0 aromatic carbocycles. The molecule has 2 heterocycles. The number of nitrogens with zero attached hydrogens (tertiary/aromatic N) is 4. The molecule has 0 aliphatic heterocycles. The highest BCUT2D eigenvalue weighted by Crippen LogP contribution is 2.22. The Hall–Kier alpha value is -1.08. The number of aromatic nitrogens is 4. The van der Waals surface area contributed by atoms with Gasteiger partial charge in [-0.2, -0.15) is 0 Å². The van der Waals surface area contributed by atoms with Gasteiger partial charge in [0.15, 0.2) is 5.16 Å². The molecule has 16 heavy (non-hydrogen) atoms. The van der Waals surface area contributed by atoms with Crippen molar-refractivity contribution >= 4 is 29.0 Å². The van der Waals surface area contributed by atoms with E-state index in [0.29, 0.717) is 5.95 Å². The maximum absolute atomic E-state index is 5.60. The van der Waals surface area contributed by atoms with E-state index in [1.165, 1.54) is 5.01 Å². The first kappa shape index (κ1) is 11.4. The summed E-state index contributed by atoms with van der Waals surface area (Å²) in [5, 5.41) is 11.9. The van der Waals surface area contributed by atoms with Crippen molar-refractivity contribution in [2.45, 2.75) is 24.3 Å². The van der Waals surface area contributed by atoms with E-state index < -0.39 is 0 Å². The third-order valence-corrected chi connectivity index (χ3v) is 4.22. The molecular formula is C9H13N5S2. The SMILES string of the molecule is CCc1nc(CSc2nnc(N)n2C)cs1. The smallest absolute Gasteiger partial charge is 0.222 e. The Morgan fingerprint density at radius 1 is 1.50 bits per heavy atom. The van der Waals surface area contributed by atoms with Crippen LogP contribution in [0.4, 0.5) is 5.95 Å². The van der Waals surface area contributed by atoms with Gasteiger partial charge in [0.25, 0.3) is 0 Å². The summed E-state index contributed by atoms with van der Waals surface area (Å²) in [4.78, 5) is 4.49. The Morgan fingerprint density at radius 3 is 2.88 bits per heavy atom. The fourth-order valence-corrected chi connectivity index (χ4v) is 2.83. The molecule has 0 aliphatic rings. The summed E-state index contributed by atoms with van der Waals surface area (Å²) in [6.07, 6.45) is 0.992. The first-order chi connectivity index (χ1) is 7.70. The summed E-state index contributed by atoms with van der Waals surface area (Å²) in [6, 6.07) is 0. The van der Waals surface area contributed by atoms with Crippen LogP contribution >= 0.6 is 23.1 Å². The Kier molecular flexibility index (Phi) is 3.45. The lowest BCUT2D eigenvalue weighted by molar-refractivity contribution is 0.795. The van der Waals surface area contributed by atoms with Crippen molar-refractivity contribution in [2.24, 2.45) is 7.05 Å². The first-order valence-corrected chi connectivity index (χ1v) is 6.78. The zero-order chi connectivity index (χ0) is 11.5. The lowest BCUT2D eigenvalue weighted by Crippen LogP contribution is -1.98. The van der Waals surface area contributed by atoms with E-state index in [1.54, 1.807) is 27.7 Å². The van der Waals surface area contributed by atoms with E-state index in [2.05, 4.69) is 27.5 Å². The number of anilines is 1. The summed E-state index contributed by atoms with van der Waals surface area (Å²) in [7, 11) is 1.86. The molecule has 2 rings (SSSR count). The second kappa shape index (κ2) is 4.84. The van der Waals surface area contributed by atoms with Gasteiger partial charge in [-0.25, -0.2) is 4.98 Å². The van der Waals surface area contributed by atoms with E-state index >= 15 is 0 Å². The molecule has 2 N–H and O–H groups in total. The van der Waals surface area contributed by atoms with Gasteiger partial charge in [-0.05, 0) is 6.42 Å². The molecule has 0 radical (unpaired) electrons. The van der Waals surface area contributed by atoms with Crippen LogP contribution in [0, 0.1) is 0 Å². The van der Waals surface area contributed by atoms with Crippen molar-refractivity contribution in [3.63, 3.8) is 0 Å². The van der Waals surface area contributed by atoms with Crippen molar-refractivity contribution < 1.29 is 0 Å². The standard InChI is InChI=1S/C9H13N5S2/c1-3-7-11-6(4-15-7)5-16-9-13-12-8(10)14(9)2/h4H,3,5H2,1-2H3,(H2,10,12). The maximum Gasteiger partial charge on any atom is 0.222 e. The Morgan fingerprint density at radius 2 is 2.31 bits per heavy atom. The molecule has 0 aliphatic carbocycles. The molecule has 7 heteroatoms. The fourth-order valence-electron chi connectivity index (χ4n) is 1.17. The Bertz CT molecular complexity index is 476. The van der Waals surface area contributed by atoms with Crippen LogP contribution in [0.1, 0.15) is 17.6 Å². The molecule has 0 saturated carbocycles. The highest BCUT2D eigenvalue weighted by atomic mass is 32.2. The van der Waals surface area contributed by atoms with E-state index in [9.17, 15) is 0 Å². The minimum atomic E-state index is 0.440. The maximum atomic E-state index is 5.60. The average Bonchev–Trinajstić information content (AvgIpc) is 2.86. The summed E-state index contributed by atoms with van der Waals surface area (Å²) >= 11 is 3.30. The second-order valence-corrected chi connectivity index (χ2v) is 5.16. The van der Waals surface area contributed by atoms with Crippen molar-refractivity contribution in [3.8, 4) is 0 Å². The molecule has 0 saturated heterocycles. The lowest BCUT2D eigenvalue weighted by Gasteiger charge is -1.98. The molecular weight excluding hydrogens is 242 g/mol. The molecule has 0 spiro atoms. The Labute approximate surface area is 102 Å². The van der Waals surface area contributed by atoms with Crippen LogP contribution in [0.15, 0.2) is 10.5 Å². The molecule has 5 nitrogen and oxygen atoms in total. The predicted octanol–water partition coefficient (Wildman–Crippen LogP) is 1.71. The van der Waals surface area contributed by atoms with E-state index in [1.807, 2.05) is 7.05 Å². The zero-order valence-corrected chi connectivity index (χ0v) is 10.8. The van der Waals surface area contributed by atoms with Crippen molar-refractivity contribution in [1.29, 1.82) is 0 Å². The highest BCUT2D eigenvalue weighted by Gasteiger charge is 2.07. The number of hydrogen-bond acceptors (Lipinski definition) is 6. The van der Waals surface area contributed by atoms with Gasteiger partial charge in [0.1, 0.15) is 0 Å². The Balaban J connectivity index is 1.99. The number of aryl methyl sites for hydroxylation is 1. The average molecular weight is 255 g/mol. The summed E-state index contributed by atoms with van der Waals surface area (Å²) in [5.41, 5.74) is 6.69. The van der Waals surface area contributed by atoms with Gasteiger partial charge in [-0.1, -0.05) is 18.7 Å². The van der Waals surface area contributed by atoms with Crippen LogP contribution in [-0.4, -0.2) is 19.7 Å². The van der Waals surface area contributed by atoms with Gasteiger partial charge < -0.3 is 5.73 Å². The van der Waals surface area contributed by atoms with E-state index in [4.69, 9.17) is 5.73 Å². The molecule has 0 bridgehead atoms. The van der Waals surface area contributed by atoms with Crippen molar-refractivity contribution in [2.75, 3.05) is 5.73 Å². The summed E-state index contributed by atoms with van der Waals surface area (Å²) in [5.74, 6) is 1.25. The van der Waals surface area contributed by atoms with Crippen molar-refractivity contribution in [3.05, 3.63) is 16.1 Å². The van der Waals surface area contributed by atoms with Gasteiger partial charge in [-0.3, -0.25) is 4.57 Å². The van der Waals surface area contributed by atoms with Crippen LogP contribution in [0.5, 0.6) is 0 Å². The molecule has 0 unspecified atom stereocenters. The first-order valence-electron chi connectivity index (χ1n) is 4.91. The van der Waals surface area contributed by atoms with E-state index in [0.717, 1.165) is 23.0 Å². The quantitative estimate of drug-likeness (QED) is 0.842. The molecule has 86 valence electrons. The number of hydrogen-bond donors (Lipinski definition) is 1. The third-order valence-electron chi connectivity index (χ3n) is 2.12. The fraction of sp³-hybridized carbons (Fsp3) is 0.444. The summed E-state index contributed by atoms with van der Waals surface area (Å²) < 4.78 is 1.78. The van der Waals surface area contributed by atoms with Crippen LogP contribution < -0.4 is 5.73 Å². The van der Waals surface area contributed by atoms with Gasteiger partial charge >= 0.3 is 0 Å². The van der Waals surface area contributed by atoms with Gasteiger partial charge in [0.2, 0.25) is 5.95 Å². The lowest BCUT2D eigenvalue weighted by atomic mass is 10.5. The number of thioether (sulfide) groups is 1. The topological polar surface area (TPSA) is 69.6 Å². The van der Waals surface area contributed by atoms with Crippen molar-refractivity contribution in [1.82, 2.24) is 19.7 Å². The third kappa shape index (κ3) is 2.35. The molecule has 2 aromatic heterocycles. The molecule has 2 aromatic rings. The van der Waals surface area contributed by atoms with E-state index in [-0.39, 0.29) is 0 Å². The minimum Gasteiger partial charge on any atom is -0.368 e. The largest absolute Gasteiger partial charge is 0.368 e. The van der Waals surface area contributed by atoms with Crippen LogP contribution in [0.2, 0.25) is 0 Å². The number of thiazole rings is 1. The zero-order valence-electron chi connectivity index (χ0n) is 9.17. The van der Waals surface area contributed by atoms with Gasteiger partial charge in [0.05, 0.1) is 10.7 Å². The monoisotopic (exact) mass is 255 g/mol. The van der Waals surface area contributed by atoms with Crippen LogP contribution in [0.3, 0.4) is 0 Å². The normalized spacial score (nSPS) is 10.9. The second-order valence-electron chi connectivity index (χ2n) is 3.27. The minimum absolute atomic E-state index is 0.440. The summed E-state index contributed by atoms with van der Waals surface area (Å²) in [6.45, 7) is 2.11. The number of rotatable bonds is 4. The molecule has 0 amide bonds. The predicted molar refractivity (Wildman–Crippen MR) is 66.5 cm³/mol. The molecule has 0 fully saturated rings. The molecule has 0 atom stereocenters. The highest BCUT2D eigenvalue weighted by molar-refractivity contribution is 7.98.